The number of carbonyl (C=O) groups excluding carboxylic acids is 2. The Hall–Kier alpha value is -1.84. The Kier molecular flexibility index (Phi) is 4.42. The smallest absolute Gasteiger partial charge is 0.253 e. The predicted octanol–water partition coefficient (Wildman–Crippen LogP) is 2.76. The molecule has 2 rings (SSSR count). The van der Waals surface area contributed by atoms with Crippen LogP contribution in [0.15, 0.2) is 24.3 Å². The molecule has 0 bridgehead atoms. The minimum atomic E-state index is 0.00545. The van der Waals surface area contributed by atoms with Crippen LogP contribution < -0.4 is 5.32 Å². The molecule has 0 spiro atoms. The van der Waals surface area contributed by atoms with Crippen LogP contribution in [0.1, 0.15) is 37.6 Å². The quantitative estimate of drug-likeness (QED) is 0.897. The van der Waals surface area contributed by atoms with Crippen LogP contribution >= 0.6 is 0 Å². The lowest BCUT2D eigenvalue weighted by molar-refractivity contribution is -0.117. The van der Waals surface area contributed by atoms with Crippen LogP contribution in [0.3, 0.4) is 0 Å². The average Bonchev–Trinajstić information content (AvgIpc) is 3.17. The molecule has 0 aliphatic heterocycles. The summed E-state index contributed by atoms with van der Waals surface area (Å²) in [6.45, 7) is 7.37. The fraction of sp³-hybridized carbons (Fsp3) is 0.500. The maximum Gasteiger partial charge on any atom is 0.253 e. The van der Waals surface area contributed by atoms with E-state index >= 15 is 0 Å². The molecule has 4 heteroatoms. The van der Waals surface area contributed by atoms with Crippen molar-refractivity contribution in [1.29, 1.82) is 0 Å². The molecule has 1 saturated carbocycles. The van der Waals surface area contributed by atoms with Crippen molar-refractivity contribution in [3.8, 4) is 0 Å². The molecule has 0 heterocycles. The van der Waals surface area contributed by atoms with Crippen LogP contribution in [-0.4, -0.2) is 29.8 Å². The Balaban J connectivity index is 2.07. The molecule has 1 aromatic carbocycles. The van der Waals surface area contributed by atoms with E-state index in [0.29, 0.717) is 30.3 Å². The Labute approximate surface area is 120 Å². The van der Waals surface area contributed by atoms with E-state index in [-0.39, 0.29) is 17.7 Å². The summed E-state index contributed by atoms with van der Waals surface area (Å²) in [4.78, 5) is 25.9. The molecule has 2 amide bonds. The molecule has 1 fully saturated rings. The van der Waals surface area contributed by atoms with E-state index in [9.17, 15) is 9.59 Å². The van der Waals surface area contributed by atoms with Crippen molar-refractivity contribution in [2.24, 2.45) is 11.8 Å². The average molecular weight is 274 g/mol. The van der Waals surface area contributed by atoms with Crippen molar-refractivity contribution < 1.29 is 9.59 Å². The SMILES string of the molecule is CCN(CC)C(=O)c1cccc(NC(=O)C2CC2C)c1. The van der Waals surface area contributed by atoms with Crippen molar-refractivity contribution in [3.63, 3.8) is 0 Å². The van der Waals surface area contributed by atoms with Gasteiger partial charge in [-0.1, -0.05) is 13.0 Å². The number of amides is 2. The first-order chi connectivity index (χ1) is 9.56. The number of nitrogens with one attached hydrogen (secondary N) is 1. The summed E-state index contributed by atoms with van der Waals surface area (Å²) < 4.78 is 0. The third-order valence-corrected chi connectivity index (χ3v) is 3.87. The Morgan fingerprint density at radius 3 is 2.50 bits per heavy atom. The molecule has 20 heavy (non-hydrogen) atoms. The first-order valence-electron chi connectivity index (χ1n) is 7.27. The second kappa shape index (κ2) is 6.07. The fourth-order valence-corrected chi connectivity index (χ4v) is 2.35. The van der Waals surface area contributed by atoms with Crippen LogP contribution in [0.5, 0.6) is 0 Å². The highest BCUT2D eigenvalue weighted by Gasteiger charge is 2.39. The van der Waals surface area contributed by atoms with Crippen LogP contribution in [-0.2, 0) is 4.79 Å². The molecule has 0 saturated heterocycles. The van der Waals surface area contributed by atoms with E-state index in [1.165, 1.54) is 0 Å². The normalized spacial score (nSPS) is 20.4. The molecular weight excluding hydrogens is 252 g/mol. The summed E-state index contributed by atoms with van der Waals surface area (Å²) in [7, 11) is 0. The molecule has 1 N–H and O–H groups in total. The first-order valence-corrected chi connectivity index (χ1v) is 7.27. The minimum absolute atomic E-state index is 0.00545. The van der Waals surface area contributed by atoms with Gasteiger partial charge in [-0.15, -0.1) is 0 Å². The molecule has 0 aromatic heterocycles. The van der Waals surface area contributed by atoms with Crippen LogP contribution in [0.4, 0.5) is 5.69 Å². The van der Waals surface area contributed by atoms with Gasteiger partial charge in [-0.05, 0) is 44.4 Å². The van der Waals surface area contributed by atoms with Gasteiger partial charge < -0.3 is 10.2 Å². The van der Waals surface area contributed by atoms with Gasteiger partial charge in [0.25, 0.3) is 5.91 Å². The van der Waals surface area contributed by atoms with Crippen LogP contribution in [0, 0.1) is 11.8 Å². The number of benzene rings is 1. The zero-order valence-electron chi connectivity index (χ0n) is 12.3. The number of anilines is 1. The van der Waals surface area contributed by atoms with Gasteiger partial charge in [0.05, 0.1) is 0 Å². The highest BCUT2D eigenvalue weighted by molar-refractivity contribution is 5.98. The molecule has 4 nitrogen and oxygen atoms in total. The summed E-state index contributed by atoms with van der Waals surface area (Å²) in [6.07, 6.45) is 0.962. The van der Waals surface area contributed by atoms with E-state index in [1.807, 2.05) is 26.0 Å². The number of hydrogen-bond acceptors (Lipinski definition) is 2. The third-order valence-electron chi connectivity index (χ3n) is 3.87. The lowest BCUT2D eigenvalue weighted by atomic mass is 10.1. The minimum Gasteiger partial charge on any atom is -0.339 e. The van der Waals surface area contributed by atoms with Gasteiger partial charge >= 0.3 is 0 Å². The zero-order chi connectivity index (χ0) is 14.7. The van der Waals surface area contributed by atoms with E-state index in [0.717, 1.165) is 6.42 Å². The predicted molar refractivity (Wildman–Crippen MR) is 79.6 cm³/mol. The van der Waals surface area contributed by atoms with Crippen LogP contribution in [0.25, 0.3) is 0 Å². The van der Waals surface area contributed by atoms with Crippen LogP contribution in [0.2, 0.25) is 0 Å². The largest absolute Gasteiger partial charge is 0.339 e. The van der Waals surface area contributed by atoms with Crippen molar-refractivity contribution in [2.45, 2.75) is 27.2 Å². The van der Waals surface area contributed by atoms with Gasteiger partial charge in [0, 0.05) is 30.3 Å². The number of carbonyl (C=O) groups is 2. The lowest BCUT2D eigenvalue weighted by Crippen LogP contribution is -2.30. The Bertz CT molecular complexity index is 509. The van der Waals surface area contributed by atoms with Crippen molar-refractivity contribution in [3.05, 3.63) is 29.8 Å². The van der Waals surface area contributed by atoms with E-state index < -0.39 is 0 Å². The Morgan fingerprint density at radius 1 is 1.30 bits per heavy atom. The number of nitrogens with zero attached hydrogens (tertiary/aromatic N) is 1. The van der Waals surface area contributed by atoms with Gasteiger partial charge in [-0.2, -0.15) is 0 Å². The van der Waals surface area contributed by atoms with Gasteiger partial charge in [-0.25, -0.2) is 0 Å². The molecule has 0 radical (unpaired) electrons. The maximum absolute atomic E-state index is 12.3. The topological polar surface area (TPSA) is 49.4 Å². The highest BCUT2D eigenvalue weighted by atomic mass is 16.2. The monoisotopic (exact) mass is 274 g/mol. The molecule has 2 atom stereocenters. The van der Waals surface area contributed by atoms with Crippen molar-refractivity contribution in [2.75, 3.05) is 18.4 Å². The second-order valence-electron chi connectivity index (χ2n) is 5.37. The Morgan fingerprint density at radius 2 is 1.95 bits per heavy atom. The van der Waals surface area contributed by atoms with Crippen molar-refractivity contribution >= 4 is 17.5 Å². The van der Waals surface area contributed by atoms with E-state index in [2.05, 4.69) is 12.2 Å². The summed E-state index contributed by atoms with van der Waals surface area (Å²) in [5.41, 5.74) is 1.32. The summed E-state index contributed by atoms with van der Waals surface area (Å²) in [5.74, 6) is 0.684. The van der Waals surface area contributed by atoms with Gasteiger partial charge in [0.2, 0.25) is 5.91 Å². The van der Waals surface area contributed by atoms with Crippen molar-refractivity contribution in [1.82, 2.24) is 4.90 Å². The first kappa shape index (κ1) is 14.6. The van der Waals surface area contributed by atoms with Gasteiger partial charge in [0.1, 0.15) is 0 Å². The zero-order valence-corrected chi connectivity index (χ0v) is 12.3. The molecule has 108 valence electrons. The summed E-state index contributed by atoms with van der Waals surface area (Å²) in [5, 5.41) is 2.89. The molecule has 2 unspecified atom stereocenters. The molecule has 1 aliphatic carbocycles. The van der Waals surface area contributed by atoms with E-state index in [4.69, 9.17) is 0 Å². The molecule has 1 aliphatic rings. The maximum atomic E-state index is 12.3. The number of rotatable bonds is 5. The lowest BCUT2D eigenvalue weighted by Gasteiger charge is -2.19. The molecule has 1 aromatic rings. The highest BCUT2D eigenvalue weighted by Crippen LogP contribution is 2.38. The van der Waals surface area contributed by atoms with Gasteiger partial charge in [-0.3, -0.25) is 9.59 Å². The standard InChI is InChI=1S/C16H22N2O2/c1-4-18(5-2)16(20)12-7-6-8-13(10-12)17-15(19)14-9-11(14)3/h6-8,10-11,14H,4-5,9H2,1-3H3,(H,17,19). The van der Waals surface area contributed by atoms with E-state index in [1.54, 1.807) is 17.0 Å². The summed E-state index contributed by atoms with van der Waals surface area (Å²) >= 11 is 0. The fourth-order valence-electron chi connectivity index (χ4n) is 2.35. The summed E-state index contributed by atoms with van der Waals surface area (Å²) in [6, 6.07) is 7.17. The number of hydrogen-bond donors (Lipinski definition) is 1. The van der Waals surface area contributed by atoms with Gasteiger partial charge in [0.15, 0.2) is 0 Å². The third kappa shape index (κ3) is 3.18. The second-order valence-corrected chi connectivity index (χ2v) is 5.37. The molecular formula is C16H22N2O2.